The zero-order valence-electron chi connectivity index (χ0n) is 26.1. The van der Waals surface area contributed by atoms with Crippen LogP contribution >= 0.6 is 0 Å². The molecule has 236 valence electrons. The molecule has 1 atom stereocenters. The highest BCUT2D eigenvalue weighted by molar-refractivity contribution is 5.94. The number of pyridine rings is 1. The van der Waals surface area contributed by atoms with E-state index in [0.29, 0.717) is 37.6 Å². The van der Waals surface area contributed by atoms with Crippen molar-refractivity contribution in [2.75, 3.05) is 38.0 Å². The summed E-state index contributed by atoms with van der Waals surface area (Å²) in [5.74, 6) is 2.07. The molecule has 11 heteroatoms. The molecule has 11 nitrogen and oxygen atoms in total. The number of oxazole rings is 1. The van der Waals surface area contributed by atoms with Gasteiger partial charge in [-0.3, -0.25) is 14.5 Å². The number of ether oxygens (including phenoxy) is 1. The van der Waals surface area contributed by atoms with Crippen LogP contribution in [-0.2, 0) is 24.4 Å². The van der Waals surface area contributed by atoms with Gasteiger partial charge < -0.3 is 29.8 Å². The van der Waals surface area contributed by atoms with Crippen molar-refractivity contribution in [3.05, 3.63) is 71.1 Å². The topological polar surface area (TPSA) is 133 Å². The van der Waals surface area contributed by atoms with E-state index in [4.69, 9.17) is 9.15 Å². The Morgan fingerprint density at radius 1 is 1.11 bits per heavy atom. The van der Waals surface area contributed by atoms with Gasteiger partial charge in [0.15, 0.2) is 12.2 Å². The number of benzene rings is 1. The van der Waals surface area contributed by atoms with Crippen LogP contribution in [0.1, 0.15) is 66.6 Å². The normalized spacial score (nSPS) is 16.7. The van der Waals surface area contributed by atoms with Gasteiger partial charge in [0.2, 0.25) is 5.91 Å². The van der Waals surface area contributed by atoms with Crippen molar-refractivity contribution < 1.29 is 23.8 Å². The Morgan fingerprint density at radius 2 is 1.91 bits per heavy atom. The van der Waals surface area contributed by atoms with Gasteiger partial charge in [0.25, 0.3) is 5.91 Å². The maximum atomic E-state index is 12.9. The number of anilines is 1. The van der Waals surface area contributed by atoms with Gasteiger partial charge in [0, 0.05) is 62.5 Å². The molecule has 1 saturated heterocycles. The van der Waals surface area contributed by atoms with Crippen LogP contribution in [-0.4, -0.2) is 81.6 Å². The van der Waals surface area contributed by atoms with Crippen molar-refractivity contribution >= 4 is 17.6 Å². The van der Waals surface area contributed by atoms with Crippen LogP contribution < -0.4 is 15.4 Å². The highest BCUT2D eigenvalue weighted by Gasteiger charge is 2.30. The number of nitrogens with one attached hydrogen (secondary N) is 2. The van der Waals surface area contributed by atoms with E-state index in [1.54, 1.807) is 18.3 Å². The van der Waals surface area contributed by atoms with Crippen LogP contribution in [0.3, 0.4) is 0 Å². The fourth-order valence-electron chi connectivity index (χ4n) is 5.68. The molecule has 0 aliphatic carbocycles. The molecule has 0 spiro atoms. The van der Waals surface area contributed by atoms with Crippen LogP contribution in [0.25, 0.3) is 0 Å². The average Bonchev–Trinajstić information content (AvgIpc) is 3.42. The monoisotopic (exact) mass is 604 g/mol. The van der Waals surface area contributed by atoms with Crippen molar-refractivity contribution in [1.82, 2.24) is 25.1 Å². The third-order valence-corrected chi connectivity index (χ3v) is 8.25. The number of amides is 2. The molecule has 2 aliphatic rings. The first-order valence-corrected chi connectivity index (χ1v) is 15.4. The Labute approximate surface area is 259 Å². The number of β-amino-alcohol motifs (C(OH)–C–C–N with tert-alkyl or cyclic N) is 1. The summed E-state index contributed by atoms with van der Waals surface area (Å²) >= 11 is 0. The largest absolute Gasteiger partial charge is 0.486 e. The fourth-order valence-corrected chi connectivity index (χ4v) is 5.68. The summed E-state index contributed by atoms with van der Waals surface area (Å²) < 4.78 is 11.2. The first-order chi connectivity index (χ1) is 21.0. The first-order valence-electron chi connectivity index (χ1n) is 15.4. The maximum Gasteiger partial charge on any atom is 0.251 e. The third kappa shape index (κ3) is 8.15. The summed E-state index contributed by atoms with van der Waals surface area (Å²) in [6, 6.07) is 9.69. The molecular formula is C33H44N6O5. The van der Waals surface area contributed by atoms with Crippen LogP contribution in [0, 0.1) is 12.3 Å². The van der Waals surface area contributed by atoms with Gasteiger partial charge in [-0.2, -0.15) is 0 Å². The molecule has 2 amide bonds. The second kappa shape index (κ2) is 13.8. The predicted molar refractivity (Wildman–Crippen MR) is 166 cm³/mol. The minimum absolute atomic E-state index is 0.154. The van der Waals surface area contributed by atoms with E-state index in [1.165, 1.54) is 17.5 Å². The van der Waals surface area contributed by atoms with Crippen molar-refractivity contribution in [2.45, 2.75) is 72.3 Å². The molecule has 1 aromatic carbocycles. The predicted octanol–water partition coefficient (Wildman–Crippen LogP) is 3.56. The van der Waals surface area contributed by atoms with E-state index < -0.39 is 6.10 Å². The molecule has 3 aromatic rings. The molecule has 0 bridgehead atoms. The van der Waals surface area contributed by atoms with Gasteiger partial charge in [0.1, 0.15) is 18.2 Å². The van der Waals surface area contributed by atoms with Gasteiger partial charge >= 0.3 is 0 Å². The van der Waals surface area contributed by atoms with E-state index >= 15 is 0 Å². The number of aryl methyl sites for hydroxylation is 1. The summed E-state index contributed by atoms with van der Waals surface area (Å²) in [6.07, 6.45) is 4.84. The van der Waals surface area contributed by atoms with Crippen LogP contribution in [0.15, 0.2) is 47.3 Å². The number of aromatic nitrogens is 2. The van der Waals surface area contributed by atoms with Gasteiger partial charge in [-0.25, -0.2) is 9.97 Å². The Bertz CT molecular complexity index is 1440. The number of aliphatic hydroxyl groups excluding tert-OH is 1. The fraction of sp³-hybridized carbons (Fsp3) is 0.515. The number of carbonyl (C=O) groups excluding carboxylic acids is 2. The van der Waals surface area contributed by atoms with E-state index in [9.17, 15) is 14.7 Å². The smallest absolute Gasteiger partial charge is 0.251 e. The molecule has 0 saturated carbocycles. The number of piperidine rings is 1. The summed E-state index contributed by atoms with van der Waals surface area (Å²) in [6.45, 7) is 11.6. The molecular weight excluding hydrogens is 560 g/mol. The lowest BCUT2D eigenvalue weighted by molar-refractivity contribution is -0.140. The Morgan fingerprint density at radius 3 is 2.64 bits per heavy atom. The van der Waals surface area contributed by atoms with Gasteiger partial charge in [-0.1, -0.05) is 26.8 Å². The van der Waals surface area contributed by atoms with E-state index in [1.807, 2.05) is 38.7 Å². The van der Waals surface area contributed by atoms with Crippen LogP contribution in [0.4, 0.5) is 5.82 Å². The van der Waals surface area contributed by atoms with Gasteiger partial charge in [-0.15, -0.1) is 0 Å². The summed E-state index contributed by atoms with van der Waals surface area (Å²) in [5, 5.41) is 17.0. The number of likely N-dealkylation sites (tertiary alicyclic amines) is 1. The molecule has 4 heterocycles. The van der Waals surface area contributed by atoms with Crippen LogP contribution in [0.2, 0.25) is 0 Å². The van der Waals surface area contributed by atoms with Crippen molar-refractivity contribution in [2.24, 2.45) is 5.41 Å². The van der Waals surface area contributed by atoms with Gasteiger partial charge in [0.05, 0.1) is 11.8 Å². The molecule has 44 heavy (non-hydrogen) atoms. The quantitative estimate of drug-likeness (QED) is 0.318. The minimum atomic E-state index is -0.700. The SMILES string of the molecule is Cc1ncoc1COc1ccc2c(c1)CCN(C[C@@H](O)CNC(=O)c1ccnc(NC3CCN(C(=O)C(C)(C)C)CC3)c1)C2. The number of aliphatic hydroxyl groups is 1. The molecule has 3 N–H and O–H groups in total. The van der Waals surface area contributed by atoms with E-state index in [2.05, 4.69) is 37.6 Å². The lowest BCUT2D eigenvalue weighted by Gasteiger charge is -2.36. The zero-order valence-corrected chi connectivity index (χ0v) is 26.1. The number of carbonyl (C=O) groups is 2. The zero-order chi connectivity index (χ0) is 31.3. The third-order valence-electron chi connectivity index (χ3n) is 8.25. The maximum absolute atomic E-state index is 12.9. The Balaban J connectivity index is 1.05. The van der Waals surface area contributed by atoms with Crippen LogP contribution in [0.5, 0.6) is 5.75 Å². The first kappa shape index (κ1) is 31.5. The summed E-state index contributed by atoms with van der Waals surface area (Å²) in [4.78, 5) is 38.1. The Hall–Kier alpha value is -3.96. The second-order valence-electron chi connectivity index (χ2n) is 12.8. The minimum Gasteiger partial charge on any atom is -0.486 e. The molecule has 0 unspecified atom stereocenters. The molecule has 0 radical (unpaired) electrons. The molecule has 2 aromatic heterocycles. The highest BCUT2D eigenvalue weighted by atomic mass is 16.5. The van der Waals surface area contributed by atoms with Crippen molar-refractivity contribution in [3.63, 3.8) is 0 Å². The van der Waals surface area contributed by atoms with E-state index in [-0.39, 0.29) is 29.8 Å². The average molecular weight is 605 g/mol. The number of rotatable bonds is 10. The second-order valence-corrected chi connectivity index (χ2v) is 12.8. The molecule has 5 rings (SSSR count). The number of nitrogens with zero attached hydrogens (tertiary/aromatic N) is 4. The van der Waals surface area contributed by atoms with E-state index in [0.717, 1.165) is 49.6 Å². The number of hydrogen-bond donors (Lipinski definition) is 3. The lowest BCUT2D eigenvalue weighted by Crippen LogP contribution is -2.46. The molecule has 1 fully saturated rings. The lowest BCUT2D eigenvalue weighted by atomic mass is 9.93. The van der Waals surface area contributed by atoms with Crippen molar-refractivity contribution in [1.29, 1.82) is 0 Å². The van der Waals surface area contributed by atoms with Gasteiger partial charge in [-0.05, 0) is 61.6 Å². The standard InChI is InChI=1S/C33H44N6O5/c1-22-29(44-21-36-22)20-43-28-6-5-25-18-38(12-8-23(25)15-28)19-27(40)17-35-31(41)24-7-11-34-30(16-24)37-26-9-13-39(14-10-26)32(42)33(2,3)4/h5-7,11,15-16,21,26-27,40H,8-10,12-14,17-20H2,1-4H3,(H,34,37)(H,35,41)/t27-/m0/s1. The number of fused-ring (bicyclic) bond motifs is 1. The van der Waals surface area contributed by atoms with Crippen molar-refractivity contribution in [3.8, 4) is 5.75 Å². The number of hydrogen-bond acceptors (Lipinski definition) is 9. The summed E-state index contributed by atoms with van der Waals surface area (Å²) in [5.41, 5.74) is 3.38. The summed E-state index contributed by atoms with van der Waals surface area (Å²) in [7, 11) is 0. The highest BCUT2D eigenvalue weighted by Crippen LogP contribution is 2.25. The Kier molecular flexibility index (Phi) is 9.85. The molecule has 2 aliphatic heterocycles.